The number of aliphatic hydroxyl groups is 1. The van der Waals surface area contributed by atoms with Crippen LogP contribution in [0.15, 0.2) is 29.2 Å². The maximum absolute atomic E-state index is 12.1. The Balaban J connectivity index is 2.08. The molecule has 2 rings (SSSR count). The molecule has 1 atom stereocenters. The van der Waals surface area contributed by atoms with Crippen molar-refractivity contribution in [1.82, 2.24) is 4.72 Å². The van der Waals surface area contributed by atoms with Crippen molar-refractivity contribution in [3.63, 3.8) is 0 Å². The minimum absolute atomic E-state index is 0.0414. The highest BCUT2D eigenvalue weighted by atomic mass is 32.2. The van der Waals surface area contributed by atoms with Gasteiger partial charge >= 0.3 is 0 Å². The summed E-state index contributed by atoms with van der Waals surface area (Å²) in [4.78, 5) is 0.219. The molecular formula is C13H19NO3S. The molecule has 1 aromatic rings. The molecule has 1 aromatic carbocycles. The van der Waals surface area contributed by atoms with Gasteiger partial charge in [-0.2, -0.15) is 0 Å². The van der Waals surface area contributed by atoms with E-state index in [1.165, 1.54) is 18.9 Å². The van der Waals surface area contributed by atoms with Crippen LogP contribution < -0.4 is 4.72 Å². The van der Waals surface area contributed by atoms with Gasteiger partial charge in [-0.05, 0) is 37.0 Å². The van der Waals surface area contributed by atoms with Crippen molar-refractivity contribution < 1.29 is 13.5 Å². The van der Waals surface area contributed by atoms with Crippen molar-refractivity contribution in [2.24, 2.45) is 5.92 Å². The van der Waals surface area contributed by atoms with E-state index in [0.29, 0.717) is 11.5 Å². The molecule has 0 heterocycles. The predicted octanol–water partition coefficient (Wildman–Crippen LogP) is 1.65. The number of rotatable bonds is 6. The maximum atomic E-state index is 12.1. The zero-order valence-corrected chi connectivity index (χ0v) is 11.3. The second kappa shape index (κ2) is 5.38. The summed E-state index contributed by atoms with van der Waals surface area (Å²) in [5, 5.41) is 9.02. The summed E-state index contributed by atoms with van der Waals surface area (Å²) in [6.07, 6.45) is 3.33. The first-order valence-electron chi connectivity index (χ1n) is 6.23. The summed E-state index contributed by atoms with van der Waals surface area (Å²) >= 11 is 0. The Hall–Kier alpha value is -0.910. The van der Waals surface area contributed by atoms with E-state index in [4.69, 9.17) is 5.11 Å². The van der Waals surface area contributed by atoms with Crippen LogP contribution in [0.4, 0.5) is 0 Å². The SMILES string of the molecule is CC(CC1CC1)NS(=O)(=O)c1cccc(CO)c1. The molecule has 100 valence electrons. The quantitative estimate of drug-likeness (QED) is 0.825. The molecule has 1 saturated carbocycles. The first kappa shape index (κ1) is 13.5. The number of hydrogen-bond donors (Lipinski definition) is 2. The average molecular weight is 269 g/mol. The lowest BCUT2D eigenvalue weighted by atomic mass is 10.2. The zero-order chi connectivity index (χ0) is 13.2. The van der Waals surface area contributed by atoms with Gasteiger partial charge in [-0.3, -0.25) is 0 Å². The third kappa shape index (κ3) is 3.54. The highest BCUT2D eigenvalue weighted by Crippen LogP contribution is 2.33. The minimum atomic E-state index is -3.47. The van der Waals surface area contributed by atoms with Crippen molar-refractivity contribution in [3.05, 3.63) is 29.8 Å². The van der Waals surface area contributed by atoms with E-state index in [1.54, 1.807) is 18.2 Å². The number of sulfonamides is 1. The van der Waals surface area contributed by atoms with Crippen LogP contribution >= 0.6 is 0 Å². The van der Waals surface area contributed by atoms with Gasteiger partial charge < -0.3 is 5.11 Å². The summed E-state index contributed by atoms with van der Waals surface area (Å²) in [7, 11) is -3.47. The van der Waals surface area contributed by atoms with Crippen LogP contribution in [0, 0.1) is 5.92 Å². The van der Waals surface area contributed by atoms with Gasteiger partial charge in [-0.15, -0.1) is 0 Å². The lowest BCUT2D eigenvalue weighted by molar-refractivity contribution is 0.281. The standard InChI is InChI=1S/C13H19NO3S/c1-10(7-11-5-6-11)14-18(16,17)13-4-2-3-12(8-13)9-15/h2-4,8,10-11,14-15H,5-7,9H2,1H3. The van der Waals surface area contributed by atoms with Gasteiger partial charge in [0.2, 0.25) is 10.0 Å². The Morgan fingerprint density at radius 3 is 2.78 bits per heavy atom. The number of nitrogens with one attached hydrogen (secondary N) is 1. The van der Waals surface area contributed by atoms with Crippen LogP contribution in [0.2, 0.25) is 0 Å². The number of hydrogen-bond acceptors (Lipinski definition) is 3. The maximum Gasteiger partial charge on any atom is 0.240 e. The molecule has 18 heavy (non-hydrogen) atoms. The van der Waals surface area contributed by atoms with E-state index in [9.17, 15) is 8.42 Å². The van der Waals surface area contributed by atoms with Crippen LogP contribution in [0.25, 0.3) is 0 Å². The van der Waals surface area contributed by atoms with Crippen LogP contribution in [0.3, 0.4) is 0 Å². The molecule has 4 nitrogen and oxygen atoms in total. The van der Waals surface area contributed by atoms with Crippen LogP contribution in [-0.2, 0) is 16.6 Å². The van der Waals surface area contributed by atoms with Crippen LogP contribution in [0.1, 0.15) is 31.7 Å². The Morgan fingerprint density at radius 2 is 2.17 bits per heavy atom. The van der Waals surface area contributed by atoms with E-state index < -0.39 is 10.0 Å². The molecule has 0 radical (unpaired) electrons. The second-order valence-electron chi connectivity index (χ2n) is 5.01. The Bertz CT molecular complexity index is 509. The van der Waals surface area contributed by atoms with Crippen LogP contribution in [-0.4, -0.2) is 19.6 Å². The van der Waals surface area contributed by atoms with E-state index in [2.05, 4.69) is 4.72 Å². The normalized spacial score (nSPS) is 17.7. The largest absolute Gasteiger partial charge is 0.392 e. The van der Waals surface area contributed by atoms with Gasteiger partial charge in [-0.25, -0.2) is 13.1 Å². The van der Waals surface area contributed by atoms with Crippen molar-refractivity contribution in [2.75, 3.05) is 0 Å². The Morgan fingerprint density at radius 1 is 1.44 bits per heavy atom. The third-order valence-corrected chi connectivity index (χ3v) is 4.72. The van der Waals surface area contributed by atoms with Crippen molar-refractivity contribution >= 4 is 10.0 Å². The fourth-order valence-electron chi connectivity index (χ4n) is 2.05. The van der Waals surface area contributed by atoms with E-state index in [1.807, 2.05) is 6.92 Å². The summed E-state index contributed by atoms with van der Waals surface area (Å²) in [6.45, 7) is 1.74. The summed E-state index contributed by atoms with van der Waals surface area (Å²) < 4.78 is 26.9. The smallest absolute Gasteiger partial charge is 0.240 e. The molecule has 0 bridgehead atoms. The molecule has 5 heteroatoms. The molecule has 0 saturated heterocycles. The first-order valence-corrected chi connectivity index (χ1v) is 7.71. The van der Waals surface area contributed by atoms with E-state index in [0.717, 1.165) is 6.42 Å². The van der Waals surface area contributed by atoms with Crippen molar-refractivity contribution in [3.8, 4) is 0 Å². The summed E-state index contributed by atoms with van der Waals surface area (Å²) in [5.74, 6) is 0.687. The molecule has 1 aliphatic rings. The van der Waals surface area contributed by atoms with Crippen LogP contribution in [0.5, 0.6) is 0 Å². The first-order chi connectivity index (χ1) is 8.51. The average Bonchev–Trinajstić information content (AvgIpc) is 3.12. The monoisotopic (exact) mass is 269 g/mol. The minimum Gasteiger partial charge on any atom is -0.392 e. The fraction of sp³-hybridized carbons (Fsp3) is 0.538. The number of benzene rings is 1. The molecule has 1 aliphatic carbocycles. The summed E-state index contributed by atoms with van der Waals surface area (Å²) in [6, 6.07) is 6.36. The lowest BCUT2D eigenvalue weighted by Crippen LogP contribution is -2.33. The molecule has 1 unspecified atom stereocenters. The van der Waals surface area contributed by atoms with Gasteiger partial charge in [0, 0.05) is 6.04 Å². The van der Waals surface area contributed by atoms with Gasteiger partial charge in [0.25, 0.3) is 0 Å². The van der Waals surface area contributed by atoms with E-state index in [-0.39, 0.29) is 17.5 Å². The Labute approximate surface area is 108 Å². The fourth-order valence-corrected chi connectivity index (χ4v) is 3.37. The third-order valence-electron chi connectivity index (χ3n) is 3.13. The van der Waals surface area contributed by atoms with Gasteiger partial charge in [0.05, 0.1) is 11.5 Å². The van der Waals surface area contributed by atoms with Gasteiger partial charge in [0.15, 0.2) is 0 Å². The highest BCUT2D eigenvalue weighted by Gasteiger charge is 2.26. The molecule has 1 fully saturated rings. The van der Waals surface area contributed by atoms with Gasteiger partial charge in [-0.1, -0.05) is 25.0 Å². The number of aliphatic hydroxyl groups excluding tert-OH is 1. The van der Waals surface area contributed by atoms with Crippen molar-refractivity contribution in [1.29, 1.82) is 0 Å². The highest BCUT2D eigenvalue weighted by molar-refractivity contribution is 7.89. The lowest BCUT2D eigenvalue weighted by Gasteiger charge is -2.14. The topological polar surface area (TPSA) is 66.4 Å². The second-order valence-corrected chi connectivity index (χ2v) is 6.72. The molecule has 0 spiro atoms. The predicted molar refractivity (Wildman–Crippen MR) is 69.5 cm³/mol. The van der Waals surface area contributed by atoms with Gasteiger partial charge in [0.1, 0.15) is 0 Å². The van der Waals surface area contributed by atoms with E-state index >= 15 is 0 Å². The molecule has 0 aliphatic heterocycles. The molecule has 0 amide bonds. The molecule has 0 aromatic heterocycles. The zero-order valence-electron chi connectivity index (χ0n) is 10.5. The molecular weight excluding hydrogens is 250 g/mol. The molecule has 2 N–H and O–H groups in total. The summed E-state index contributed by atoms with van der Waals surface area (Å²) in [5.41, 5.74) is 0.604. The Kier molecular flexibility index (Phi) is 4.04. The van der Waals surface area contributed by atoms with Crippen molar-refractivity contribution in [2.45, 2.75) is 43.7 Å².